The lowest BCUT2D eigenvalue weighted by atomic mass is 10.1. The van der Waals surface area contributed by atoms with E-state index in [4.69, 9.17) is 4.42 Å². The zero-order chi connectivity index (χ0) is 13.5. The molecule has 1 aromatic heterocycles. The van der Waals surface area contributed by atoms with Crippen molar-refractivity contribution >= 4 is 5.91 Å². The van der Waals surface area contributed by atoms with Crippen molar-refractivity contribution in [2.24, 2.45) is 0 Å². The van der Waals surface area contributed by atoms with E-state index in [1.807, 2.05) is 43.3 Å². The normalized spacial score (nSPS) is 10.4. The van der Waals surface area contributed by atoms with Crippen molar-refractivity contribution in [3.8, 4) is 0 Å². The molecule has 0 spiro atoms. The first-order valence-corrected chi connectivity index (χ1v) is 6.29. The first-order valence-electron chi connectivity index (χ1n) is 6.29. The third-order valence-electron chi connectivity index (χ3n) is 2.78. The minimum absolute atomic E-state index is 0.0212. The van der Waals surface area contributed by atoms with Crippen LogP contribution in [0.15, 0.2) is 47.1 Å². The fourth-order valence-electron chi connectivity index (χ4n) is 1.68. The topological polar surface area (TPSA) is 54.3 Å². The second kappa shape index (κ2) is 6.75. The molecule has 0 saturated heterocycles. The van der Waals surface area contributed by atoms with E-state index in [0.717, 1.165) is 11.3 Å². The summed E-state index contributed by atoms with van der Waals surface area (Å²) in [6, 6.07) is 11.8. The average molecular weight is 258 g/mol. The van der Waals surface area contributed by atoms with Gasteiger partial charge in [-0.2, -0.15) is 0 Å². The van der Waals surface area contributed by atoms with E-state index in [1.54, 1.807) is 6.26 Å². The van der Waals surface area contributed by atoms with Gasteiger partial charge in [0.1, 0.15) is 5.76 Å². The number of rotatable bonds is 6. The molecule has 1 heterocycles. The Bertz CT molecular complexity index is 503. The Hall–Kier alpha value is -2.07. The molecule has 2 rings (SSSR count). The number of amides is 1. The van der Waals surface area contributed by atoms with E-state index in [2.05, 4.69) is 10.6 Å². The van der Waals surface area contributed by atoms with Crippen LogP contribution in [0.2, 0.25) is 0 Å². The third-order valence-corrected chi connectivity index (χ3v) is 2.78. The number of hydrogen-bond acceptors (Lipinski definition) is 3. The van der Waals surface area contributed by atoms with Crippen LogP contribution in [0.25, 0.3) is 0 Å². The average Bonchev–Trinajstić information content (AvgIpc) is 2.91. The molecule has 4 nitrogen and oxygen atoms in total. The Kier molecular flexibility index (Phi) is 4.75. The number of aryl methyl sites for hydroxylation is 1. The first kappa shape index (κ1) is 13.4. The molecular weight excluding hydrogens is 240 g/mol. The van der Waals surface area contributed by atoms with E-state index in [9.17, 15) is 4.79 Å². The maximum absolute atomic E-state index is 11.6. The molecule has 0 aliphatic carbocycles. The van der Waals surface area contributed by atoms with Gasteiger partial charge >= 0.3 is 0 Å². The van der Waals surface area contributed by atoms with E-state index < -0.39 is 0 Å². The van der Waals surface area contributed by atoms with Crippen LogP contribution in [-0.2, 0) is 17.9 Å². The number of nitrogens with one attached hydrogen (secondary N) is 2. The summed E-state index contributed by atoms with van der Waals surface area (Å²) in [5.41, 5.74) is 2.32. The Morgan fingerprint density at radius 2 is 1.95 bits per heavy atom. The van der Waals surface area contributed by atoms with Crippen LogP contribution in [-0.4, -0.2) is 12.5 Å². The molecule has 2 N–H and O–H groups in total. The Balaban J connectivity index is 1.65. The SMILES string of the molecule is Cc1ccc(CNC(=O)CNCc2ccco2)cc1. The highest BCUT2D eigenvalue weighted by molar-refractivity contribution is 5.77. The van der Waals surface area contributed by atoms with Crippen LogP contribution in [0.1, 0.15) is 16.9 Å². The molecule has 0 aliphatic rings. The summed E-state index contributed by atoms with van der Waals surface area (Å²) in [7, 11) is 0. The van der Waals surface area contributed by atoms with E-state index in [-0.39, 0.29) is 12.5 Å². The highest BCUT2D eigenvalue weighted by Crippen LogP contribution is 2.02. The van der Waals surface area contributed by atoms with Gasteiger partial charge < -0.3 is 15.1 Å². The van der Waals surface area contributed by atoms with Gasteiger partial charge in [-0.3, -0.25) is 4.79 Å². The molecule has 19 heavy (non-hydrogen) atoms. The van der Waals surface area contributed by atoms with E-state index >= 15 is 0 Å². The third kappa shape index (κ3) is 4.60. The summed E-state index contributed by atoms with van der Waals surface area (Å²) in [4.78, 5) is 11.6. The standard InChI is InChI=1S/C15H18N2O2/c1-12-4-6-13(7-5-12)9-17-15(18)11-16-10-14-3-2-8-19-14/h2-8,16H,9-11H2,1H3,(H,17,18). The smallest absolute Gasteiger partial charge is 0.234 e. The van der Waals surface area contributed by atoms with Crippen molar-refractivity contribution < 1.29 is 9.21 Å². The monoisotopic (exact) mass is 258 g/mol. The molecular formula is C15H18N2O2. The van der Waals surface area contributed by atoms with Crippen molar-refractivity contribution in [3.63, 3.8) is 0 Å². The molecule has 1 amide bonds. The molecule has 1 aromatic carbocycles. The van der Waals surface area contributed by atoms with Gasteiger partial charge in [-0.1, -0.05) is 29.8 Å². The Morgan fingerprint density at radius 3 is 2.63 bits per heavy atom. The molecule has 0 radical (unpaired) electrons. The molecule has 0 atom stereocenters. The van der Waals surface area contributed by atoms with Gasteiger partial charge in [0.2, 0.25) is 5.91 Å². The van der Waals surface area contributed by atoms with Crippen molar-refractivity contribution in [1.82, 2.24) is 10.6 Å². The zero-order valence-electron chi connectivity index (χ0n) is 11.0. The number of furan rings is 1. The largest absolute Gasteiger partial charge is 0.468 e. The summed E-state index contributed by atoms with van der Waals surface area (Å²) >= 11 is 0. The second-order valence-corrected chi connectivity index (χ2v) is 4.45. The minimum Gasteiger partial charge on any atom is -0.468 e. The van der Waals surface area contributed by atoms with E-state index in [0.29, 0.717) is 13.1 Å². The summed E-state index contributed by atoms with van der Waals surface area (Å²) < 4.78 is 5.16. The van der Waals surface area contributed by atoms with Crippen LogP contribution in [0, 0.1) is 6.92 Å². The van der Waals surface area contributed by atoms with Crippen molar-refractivity contribution in [2.75, 3.05) is 6.54 Å². The molecule has 2 aromatic rings. The van der Waals surface area contributed by atoms with Gasteiger partial charge in [0, 0.05) is 6.54 Å². The fraction of sp³-hybridized carbons (Fsp3) is 0.267. The number of hydrogen-bond donors (Lipinski definition) is 2. The van der Waals surface area contributed by atoms with Crippen LogP contribution in [0.3, 0.4) is 0 Å². The maximum atomic E-state index is 11.6. The lowest BCUT2D eigenvalue weighted by Crippen LogP contribution is -2.33. The van der Waals surface area contributed by atoms with Gasteiger partial charge in [0.05, 0.1) is 19.4 Å². The van der Waals surface area contributed by atoms with Crippen LogP contribution in [0.4, 0.5) is 0 Å². The second-order valence-electron chi connectivity index (χ2n) is 4.45. The molecule has 0 aliphatic heterocycles. The van der Waals surface area contributed by atoms with Crippen LogP contribution in [0.5, 0.6) is 0 Å². The molecule has 100 valence electrons. The van der Waals surface area contributed by atoms with Gasteiger partial charge in [-0.25, -0.2) is 0 Å². The Morgan fingerprint density at radius 1 is 1.16 bits per heavy atom. The fourth-order valence-corrected chi connectivity index (χ4v) is 1.68. The van der Waals surface area contributed by atoms with Crippen LogP contribution >= 0.6 is 0 Å². The van der Waals surface area contributed by atoms with Gasteiger partial charge in [0.25, 0.3) is 0 Å². The summed E-state index contributed by atoms with van der Waals surface area (Å²) in [6.45, 7) is 3.44. The lowest BCUT2D eigenvalue weighted by Gasteiger charge is -2.06. The molecule has 4 heteroatoms. The zero-order valence-corrected chi connectivity index (χ0v) is 11.0. The summed E-state index contributed by atoms with van der Waals surface area (Å²) in [5, 5.41) is 5.89. The van der Waals surface area contributed by atoms with Gasteiger partial charge in [-0.15, -0.1) is 0 Å². The van der Waals surface area contributed by atoms with Crippen molar-refractivity contribution in [2.45, 2.75) is 20.0 Å². The predicted molar refractivity (Wildman–Crippen MR) is 73.4 cm³/mol. The van der Waals surface area contributed by atoms with Crippen molar-refractivity contribution in [3.05, 3.63) is 59.5 Å². The number of benzene rings is 1. The minimum atomic E-state index is -0.0212. The number of carbonyl (C=O) groups is 1. The Labute approximate surface area is 112 Å². The maximum Gasteiger partial charge on any atom is 0.234 e. The van der Waals surface area contributed by atoms with E-state index in [1.165, 1.54) is 5.56 Å². The highest BCUT2D eigenvalue weighted by atomic mass is 16.3. The molecule has 0 fully saturated rings. The molecule has 0 unspecified atom stereocenters. The quantitative estimate of drug-likeness (QED) is 0.833. The molecule has 0 bridgehead atoms. The summed E-state index contributed by atoms with van der Waals surface area (Å²) in [5.74, 6) is 0.804. The summed E-state index contributed by atoms with van der Waals surface area (Å²) in [6.07, 6.45) is 1.62. The van der Waals surface area contributed by atoms with Crippen molar-refractivity contribution in [1.29, 1.82) is 0 Å². The first-order chi connectivity index (χ1) is 9.24. The molecule has 0 saturated carbocycles. The predicted octanol–water partition coefficient (Wildman–Crippen LogP) is 1.99. The lowest BCUT2D eigenvalue weighted by molar-refractivity contribution is -0.120. The highest BCUT2D eigenvalue weighted by Gasteiger charge is 2.01. The van der Waals surface area contributed by atoms with Gasteiger partial charge in [0.15, 0.2) is 0 Å². The number of carbonyl (C=O) groups excluding carboxylic acids is 1. The van der Waals surface area contributed by atoms with Gasteiger partial charge in [-0.05, 0) is 24.6 Å². The van der Waals surface area contributed by atoms with Crippen LogP contribution < -0.4 is 10.6 Å².